The van der Waals surface area contributed by atoms with Crippen molar-refractivity contribution in [3.63, 3.8) is 0 Å². The second-order valence-electron chi connectivity index (χ2n) is 4.69. The van der Waals surface area contributed by atoms with Crippen LogP contribution in [0.5, 0.6) is 0 Å². The molecule has 18 heavy (non-hydrogen) atoms. The van der Waals surface area contributed by atoms with E-state index in [1.165, 1.54) is 18.2 Å². The summed E-state index contributed by atoms with van der Waals surface area (Å²) in [5, 5.41) is 3.31. The fraction of sp³-hybridized carbons (Fsp3) is 0.571. The van der Waals surface area contributed by atoms with Gasteiger partial charge in [0, 0.05) is 24.1 Å². The van der Waals surface area contributed by atoms with Crippen molar-refractivity contribution in [2.45, 2.75) is 25.8 Å². The van der Waals surface area contributed by atoms with Gasteiger partial charge in [-0.2, -0.15) is 0 Å². The highest BCUT2D eigenvalue weighted by Gasteiger charge is 2.26. The minimum absolute atomic E-state index is 0.0731. The van der Waals surface area contributed by atoms with Crippen LogP contribution in [0.15, 0.2) is 18.2 Å². The average molecular weight is 255 g/mol. The predicted molar refractivity (Wildman–Crippen MR) is 66.5 cm³/mol. The van der Waals surface area contributed by atoms with Crippen molar-refractivity contribution in [1.82, 2.24) is 5.32 Å². The largest absolute Gasteiger partial charge is 0.381 e. The van der Waals surface area contributed by atoms with E-state index in [2.05, 4.69) is 5.32 Å². The van der Waals surface area contributed by atoms with E-state index in [1.54, 1.807) is 0 Å². The van der Waals surface area contributed by atoms with Crippen LogP contribution in [-0.2, 0) is 11.2 Å². The number of rotatable bonds is 5. The lowest BCUT2D eigenvalue weighted by Gasteiger charge is -2.23. The van der Waals surface area contributed by atoms with Crippen molar-refractivity contribution in [3.05, 3.63) is 35.4 Å². The quantitative estimate of drug-likeness (QED) is 0.873. The average Bonchev–Trinajstić information content (AvgIpc) is 2.86. The number of hydrogen-bond acceptors (Lipinski definition) is 2. The minimum atomic E-state index is -0.461. The van der Waals surface area contributed by atoms with E-state index in [0.29, 0.717) is 18.9 Å². The second-order valence-corrected chi connectivity index (χ2v) is 4.69. The van der Waals surface area contributed by atoms with Gasteiger partial charge in [0.25, 0.3) is 0 Å². The van der Waals surface area contributed by atoms with Crippen molar-refractivity contribution in [2.24, 2.45) is 5.92 Å². The lowest BCUT2D eigenvalue weighted by atomic mass is 9.92. The molecule has 0 bridgehead atoms. The zero-order valence-corrected chi connectivity index (χ0v) is 10.6. The maximum Gasteiger partial charge on any atom is 0.129 e. The SMILES string of the molecule is CCNC(Cc1c(F)cccc1F)C1CCOC1. The third kappa shape index (κ3) is 3.06. The molecule has 1 aliphatic rings. The summed E-state index contributed by atoms with van der Waals surface area (Å²) < 4.78 is 32.6. The first-order chi connectivity index (χ1) is 8.72. The van der Waals surface area contributed by atoms with E-state index in [0.717, 1.165) is 19.6 Å². The van der Waals surface area contributed by atoms with Gasteiger partial charge in [0.05, 0.1) is 6.61 Å². The van der Waals surface area contributed by atoms with E-state index < -0.39 is 11.6 Å². The second kappa shape index (κ2) is 6.25. The molecule has 1 aliphatic heterocycles. The fourth-order valence-corrected chi connectivity index (χ4v) is 2.49. The summed E-state index contributed by atoms with van der Waals surface area (Å²) in [6.07, 6.45) is 1.33. The fourth-order valence-electron chi connectivity index (χ4n) is 2.49. The molecule has 2 nitrogen and oxygen atoms in total. The number of likely N-dealkylation sites (N-methyl/N-ethyl adjacent to an activating group) is 1. The van der Waals surface area contributed by atoms with Crippen LogP contribution >= 0.6 is 0 Å². The first kappa shape index (κ1) is 13.4. The Morgan fingerprint density at radius 3 is 2.67 bits per heavy atom. The van der Waals surface area contributed by atoms with Crippen molar-refractivity contribution < 1.29 is 13.5 Å². The molecule has 2 unspecified atom stereocenters. The maximum atomic E-state index is 13.6. The Balaban J connectivity index is 2.12. The number of nitrogens with one attached hydrogen (secondary N) is 1. The Morgan fingerprint density at radius 2 is 2.11 bits per heavy atom. The number of hydrogen-bond donors (Lipinski definition) is 1. The van der Waals surface area contributed by atoms with Crippen LogP contribution in [-0.4, -0.2) is 25.8 Å². The first-order valence-electron chi connectivity index (χ1n) is 6.46. The molecule has 1 aromatic rings. The molecule has 4 heteroatoms. The third-order valence-corrected chi connectivity index (χ3v) is 3.49. The summed E-state index contributed by atoms with van der Waals surface area (Å²) in [6, 6.07) is 4.10. The van der Waals surface area contributed by atoms with Gasteiger partial charge in [0.1, 0.15) is 11.6 Å². The Morgan fingerprint density at radius 1 is 1.39 bits per heavy atom. The zero-order chi connectivity index (χ0) is 13.0. The number of ether oxygens (including phenoxy) is 1. The molecule has 100 valence electrons. The molecule has 1 N–H and O–H groups in total. The molecule has 1 aromatic carbocycles. The van der Waals surface area contributed by atoms with E-state index in [9.17, 15) is 8.78 Å². The van der Waals surface area contributed by atoms with E-state index >= 15 is 0 Å². The van der Waals surface area contributed by atoms with Crippen LogP contribution in [0.2, 0.25) is 0 Å². The van der Waals surface area contributed by atoms with Gasteiger partial charge in [-0.25, -0.2) is 8.78 Å². The summed E-state index contributed by atoms with van der Waals surface area (Å²) in [6.45, 7) is 4.21. The van der Waals surface area contributed by atoms with Gasteiger partial charge in [-0.1, -0.05) is 13.0 Å². The van der Waals surface area contributed by atoms with Crippen LogP contribution < -0.4 is 5.32 Å². The number of halogens is 2. The Kier molecular flexibility index (Phi) is 4.66. The lowest BCUT2D eigenvalue weighted by Crippen LogP contribution is -2.38. The molecular formula is C14H19F2NO. The normalized spacial score (nSPS) is 21.2. The molecule has 0 aliphatic carbocycles. The third-order valence-electron chi connectivity index (χ3n) is 3.49. The molecule has 1 saturated heterocycles. The molecule has 2 rings (SSSR count). The summed E-state index contributed by atoms with van der Waals surface area (Å²) in [5.74, 6) is -0.586. The van der Waals surface area contributed by atoms with Crippen LogP contribution in [0.3, 0.4) is 0 Å². The van der Waals surface area contributed by atoms with Crippen molar-refractivity contribution >= 4 is 0 Å². The van der Waals surface area contributed by atoms with Gasteiger partial charge in [0.15, 0.2) is 0 Å². The molecule has 0 amide bonds. The molecule has 1 heterocycles. The highest BCUT2D eigenvalue weighted by molar-refractivity contribution is 5.21. The molecule has 0 radical (unpaired) electrons. The zero-order valence-electron chi connectivity index (χ0n) is 10.6. The monoisotopic (exact) mass is 255 g/mol. The molecule has 0 spiro atoms. The van der Waals surface area contributed by atoms with Crippen molar-refractivity contribution in [3.8, 4) is 0 Å². The smallest absolute Gasteiger partial charge is 0.129 e. The van der Waals surface area contributed by atoms with Gasteiger partial charge in [-0.05, 0) is 31.5 Å². The van der Waals surface area contributed by atoms with Gasteiger partial charge in [0.2, 0.25) is 0 Å². The Bertz CT molecular complexity index is 371. The van der Waals surface area contributed by atoms with Gasteiger partial charge in [-0.15, -0.1) is 0 Å². The lowest BCUT2D eigenvalue weighted by molar-refractivity contribution is 0.176. The summed E-state index contributed by atoms with van der Waals surface area (Å²) >= 11 is 0. The summed E-state index contributed by atoms with van der Waals surface area (Å²) in [7, 11) is 0. The highest BCUT2D eigenvalue weighted by atomic mass is 19.1. The van der Waals surface area contributed by atoms with E-state index in [-0.39, 0.29) is 11.6 Å². The van der Waals surface area contributed by atoms with Crippen LogP contribution in [0.4, 0.5) is 8.78 Å². The van der Waals surface area contributed by atoms with E-state index in [4.69, 9.17) is 4.74 Å². The summed E-state index contributed by atoms with van der Waals surface area (Å²) in [5.41, 5.74) is 0.176. The maximum absolute atomic E-state index is 13.6. The van der Waals surface area contributed by atoms with Crippen molar-refractivity contribution in [2.75, 3.05) is 19.8 Å². The highest BCUT2D eigenvalue weighted by Crippen LogP contribution is 2.22. The molecule has 0 aromatic heterocycles. The predicted octanol–water partition coefficient (Wildman–Crippen LogP) is 2.52. The molecule has 0 saturated carbocycles. The van der Waals surface area contributed by atoms with Gasteiger partial charge in [-0.3, -0.25) is 0 Å². The molecular weight excluding hydrogens is 236 g/mol. The van der Waals surface area contributed by atoms with E-state index in [1.807, 2.05) is 6.92 Å². The van der Waals surface area contributed by atoms with Gasteiger partial charge < -0.3 is 10.1 Å². The first-order valence-corrected chi connectivity index (χ1v) is 6.46. The number of benzene rings is 1. The van der Waals surface area contributed by atoms with Crippen LogP contribution in [0.25, 0.3) is 0 Å². The molecule has 1 fully saturated rings. The van der Waals surface area contributed by atoms with Crippen molar-refractivity contribution in [1.29, 1.82) is 0 Å². The topological polar surface area (TPSA) is 21.3 Å². The van der Waals surface area contributed by atoms with Gasteiger partial charge >= 0.3 is 0 Å². The standard InChI is InChI=1S/C14H19F2NO/c1-2-17-14(10-6-7-18-9-10)8-11-12(15)4-3-5-13(11)16/h3-5,10,14,17H,2,6-9H2,1H3. The van der Waals surface area contributed by atoms with Crippen LogP contribution in [0.1, 0.15) is 18.9 Å². The Hall–Kier alpha value is -1.00. The van der Waals surface area contributed by atoms with Crippen LogP contribution in [0, 0.1) is 17.6 Å². The summed E-state index contributed by atoms with van der Waals surface area (Å²) in [4.78, 5) is 0. The molecule has 2 atom stereocenters. The minimum Gasteiger partial charge on any atom is -0.381 e. The Labute approximate surface area is 106 Å².